The van der Waals surface area contributed by atoms with Crippen molar-refractivity contribution in [1.82, 2.24) is 0 Å². The molecule has 0 aliphatic heterocycles. The third-order valence-electron chi connectivity index (χ3n) is 15.2. The topological polar surface area (TPSA) is 237 Å². The Labute approximate surface area is 616 Å². The fraction of sp³-hybridized carbons (Fsp3) is 0.614. The standard InChI is InChI=1S/C83H134O17P2/c1-5-9-13-17-21-25-29-32-35-37-38-40-43-45-49-52-56-60-64-68-80(85)93-73-78(99-82(87)69-65-61-57-53-47-28-24-20-16-12-8-4)75-97-101(89,90)95-71-77(84)72-96-102(91,92)98-76-79(100-83(88)70-66-62-58-54-50-46-41-34-31-27-23-19-15-11-7-3)74-94-81(86)67-63-59-55-51-48-44-42-39-36-33-30-26-22-18-14-10-6-2/h9-10,13-14,20-27,32-36,38,40-42,44-45,49,51,55-56,60,77-79,84H,5-8,11-12,15-19,28-31,37,39,43,46-48,50,52-54,57-59,61-76H2,1-4H3,(H,89,90)(H,91,92)/b13-9-,14-10-,24-20-,25-21-,26-22-,27-23-,35-32-,36-33-,40-38-,41-34-,44-42-,49-45-,55-51-,60-56-. The summed E-state index contributed by atoms with van der Waals surface area (Å²) in [5.41, 5.74) is 0. The summed E-state index contributed by atoms with van der Waals surface area (Å²) in [6, 6.07) is 0. The Morgan fingerprint density at radius 3 is 0.912 bits per heavy atom. The molecule has 0 bridgehead atoms. The molecule has 0 radical (unpaired) electrons. The van der Waals surface area contributed by atoms with E-state index in [1.54, 1.807) is 0 Å². The normalized spacial score (nSPS) is 14.9. The molecule has 0 fully saturated rings. The van der Waals surface area contributed by atoms with Crippen molar-refractivity contribution >= 4 is 39.5 Å². The summed E-state index contributed by atoms with van der Waals surface area (Å²) < 4.78 is 68.3. The number of phosphoric ester groups is 2. The van der Waals surface area contributed by atoms with Gasteiger partial charge in [0.25, 0.3) is 0 Å². The maximum atomic E-state index is 13.1. The summed E-state index contributed by atoms with van der Waals surface area (Å²) in [7, 11) is -10.0. The van der Waals surface area contributed by atoms with Gasteiger partial charge < -0.3 is 33.8 Å². The van der Waals surface area contributed by atoms with Gasteiger partial charge in [-0.3, -0.25) is 37.3 Å². The second kappa shape index (κ2) is 73.7. The maximum Gasteiger partial charge on any atom is 0.472 e. The van der Waals surface area contributed by atoms with E-state index in [1.807, 2.05) is 30.4 Å². The largest absolute Gasteiger partial charge is 0.472 e. The predicted molar refractivity (Wildman–Crippen MR) is 417 cm³/mol. The monoisotopic (exact) mass is 1460 g/mol. The lowest BCUT2D eigenvalue weighted by Gasteiger charge is -2.21. The molecular formula is C83H134O17P2. The molecule has 0 saturated carbocycles. The van der Waals surface area contributed by atoms with Crippen molar-refractivity contribution in [3.8, 4) is 0 Å². The number of esters is 4. The van der Waals surface area contributed by atoms with Crippen molar-refractivity contribution in [2.24, 2.45) is 0 Å². The average molecular weight is 1470 g/mol. The van der Waals surface area contributed by atoms with E-state index in [9.17, 15) is 43.2 Å². The van der Waals surface area contributed by atoms with E-state index in [2.05, 4.69) is 167 Å². The van der Waals surface area contributed by atoms with Gasteiger partial charge in [-0.2, -0.15) is 0 Å². The van der Waals surface area contributed by atoms with Crippen LogP contribution in [0.1, 0.15) is 272 Å². The molecule has 19 heteroatoms. The number of aliphatic hydroxyl groups excluding tert-OH is 1. The third kappa shape index (κ3) is 72.8. The number of hydrogen-bond acceptors (Lipinski definition) is 15. The highest BCUT2D eigenvalue weighted by atomic mass is 31.2. The third-order valence-corrected chi connectivity index (χ3v) is 17.1. The summed E-state index contributed by atoms with van der Waals surface area (Å²) in [5, 5.41) is 10.6. The molecule has 0 amide bonds. The number of allylic oxidation sites excluding steroid dienone is 28. The predicted octanol–water partition coefficient (Wildman–Crippen LogP) is 22.2. The van der Waals surface area contributed by atoms with E-state index in [0.717, 1.165) is 154 Å². The van der Waals surface area contributed by atoms with Gasteiger partial charge in [-0.05, 0) is 154 Å². The van der Waals surface area contributed by atoms with Crippen molar-refractivity contribution < 1.29 is 80.2 Å². The Bertz CT molecular complexity index is 2600. The second-order valence-electron chi connectivity index (χ2n) is 24.8. The molecule has 0 aliphatic carbocycles. The fourth-order valence-electron chi connectivity index (χ4n) is 9.35. The molecule has 0 aliphatic rings. The Morgan fingerprint density at radius 2 is 0.549 bits per heavy atom. The summed E-state index contributed by atoms with van der Waals surface area (Å²) in [4.78, 5) is 72.8. The highest BCUT2D eigenvalue weighted by Gasteiger charge is 2.30. The first-order valence-electron chi connectivity index (χ1n) is 38.4. The number of phosphoric acid groups is 2. The zero-order valence-corrected chi connectivity index (χ0v) is 64.8. The van der Waals surface area contributed by atoms with Gasteiger partial charge in [-0.25, -0.2) is 9.13 Å². The Kier molecular flexibility index (Phi) is 69.7. The minimum Gasteiger partial charge on any atom is -0.462 e. The van der Waals surface area contributed by atoms with E-state index in [-0.39, 0.29) is 25.7 Å². The van der Waals surface area contributed by atoms with Crippen LogP contribution in [-0.4, -0.2) is 96.7 Å². The molecule has 17 nitrogen and oxygen atoms in total. The molecule has 5 atom stereocenters. The molecule has 0 aromatic heterocycles. The average Bonchev–Trinajstić information content (AvgIpc) is 0.926. The molecule has 0 spiro atoms. The van der Waals surface area contributed by atoms with Gasteiger partial charge in [0.2, 0.25) is 0 Å². The van der Waals surface area contributed by atoms with Crippen LogP contribution < -0.4 is 0 Å². The smallest absolute Gasteiger partial charge is 0.462 e. The van der Waals surface area contributed by atoms with Crippen molar-refractivity contribution in [2.75, 3.05) is 39.6 Å². The van der Waals surface area contributed by atoms with Crippen LogP contribution in [0.3, 0.4) is 0 Å². The molecule has 578 valence electrons. The molecule has 0 heterocycles. The lowest BCUT2D eigenvalue weighted by Crippen LogP contribution is -2.30. The second-order valence-corrected chi connectivity index (χ2v) is 27.7. The Morgan fingerprint density at radius 1 is 0.284 bits per heavy atom. The zero-order chi connectivity index (χ0) is 74.6. The molecule has 0 saturated heterocycles. The molecule has 0 aromatic rings. The van der Waals surface area contributed by atoms with Crippen LogP contribution in [0.2, 0.25) is 0 Å². The molecule has 0 rings (SSSR count). The van der Waals surface area contributed by atoms with Gasteiger partial charge in [-0.1, -0.05) is 262 Å². The quantitative estimate of drug-likeness (QED) is 0.0169. The summed E-state index contributed by atoms with van der Waals surface area (Å²) in [5.74, 6) is -2.38. The maximum absolute atomic E-state index is 13.1. The number of hydrogen-bond donors (Lipinski definition) is 3. The summed E-state index contributed by atoms with van der Waals surface area (Å²) >= 11 is 0. The van der Waals surface area contributed by atoms with Gasteiger partial charge in [0.15, 0.2) is 12.2 Å². The van der Waals surface area contributed by atoms with Gasteiger partial charge in [0.1, 0.15) is 19.3 Å². The van der Waals surface area contributed by atoms with E-state index >= 15 is 0 Å². The van der Waals surface area contributed by atoms with Gasteiger partial charge in [0.05, 0.1) is 26.4 Å². The SMILES string of the molecule is CC/C=C\C/C=C\C/C=C\C/C=C\C/C=C\C/C=C\CCC(=O)OCC(COP(=O)(O)OCC(O)COP(=O)(O)OCC(COC(=O)CCC/C=C\C/C=C\C/C=C\C/C=C\C/C=C\CC)OC(=O)CCCCCCC/C=C\C/C=C\CCCCC)OC(=O)CCCCCCC/C=C\CCCC. The number of aliphatic hydroxyl groups is 1. The molecule has 102 heavy (non-hydrogen) atoms. The number of ether oxygens (including phenoxy) is 4. The number of carbonyl (C=O) groups is 4. The van der Waals surface area contributed by atoms with Crippen molar-refractivity contribution in [1.29, 1.82) is 0 Å². The molecule has 5 unspecified atom stereocenters. The van der Waals surface area contributed by atoms with E-state index in [1.165, 1.54) is 25.7 Å². The molecular weight excluding hydrogens is 1330 g/mol. The minimum absolute atomic E-state index is 0.0279. The Hall–Kier alpha value is -5.58. The van der Waals surface area contributed by atoms with Gasteiger partial charge >= 0.3 is 39.5 Å². The highest BCUT2D eigenvalue weighted by molar-refractivity contribution is 7.47. The van der Waals surface area contributed by atoms with Crippen LogP contribution in [-0.2, 0) is 65.4 Å². The fourth-order valence-corrected chi connectivity index (χ4v) is 10.9. The summed E-state index contributed by atoms with van der Waals surface area (Å²) in [6.45, 7) is 4.37. The van der Waals surface area contributed by atoms with Gasteiger partial charge in [-0.15, -0.1) is 0 Å². The number of rotatable bonds is 70. The lowest BCUT2D eigenvalue weighted by molar-refractivity contribution is -0.161. The molecule has 0 aromatic carbocycles. The summed E-state index contributed by atoms with van der Waals surface area (Å²) in [6.07, 6.45) is 86.6. The first-order valence-corrected chi connectivity index (χ1v) is 41.4. The van der Waals surface area contributed by atoms with Crippen LogP contribution in [0.15, 0.2) is 170 Å². The van der Waals surface area contributed by atoms with E-state index < -0.39 is 97.5 Å². The highest BCUT2D eigenvalue weighted by Crippen LogP contribution is 2.45. The zero-order valence-electron chi connectivity index (χ0n) is 63.0. The number of carbonyl (C=O) groups excluding carboxylic acids is 4. The van der Waals surface area contributed by atoms with Crippen molar-refractivity contribution in [3.63, 3.8) is 0 Å². The van der Waals surface area contributed by atoms with Crippen LogP contribution in [0.5, 0.6) is 0 Å². The van der Waals surface area contributed by atoms with Crippen LogP contribution in [0.25, 0.3) is 0 Å². The Balaban J connectivity index is 5.46. The first-order chi connectivity index (χ1) is 49.7. The van der Waals surface area contributed by atoms with Crippen molar-refractivity contribution in [2.45, 2.75) is 290 Å². The van der Waals surface area contributed by atoms with Crippen LogP contribution in [0.4, 0.5) is 0 Å². The van der Waals surface area contributed by atoms with E-state index in [4.69, 9.17) is 37.0 Å². The number of unbranched alkanes of at least 4 members (excludes halogenated alkanes) is 16. The first kappa shape index (κ1) is 96.4. The van der Waals surface area contributed by atoms with Crippen LogP contribution >= 0.6 is 15.6 Å². The van der Waals surface area contributed by atoms with Crippen molar-refractivity contribution in [3.05, 3.63) is 170 Å². The van der Waals surface area contributed by atoms with Crippen LogP contribution in [0, 0.1) is 0 Å². The van der Waals surface area contributed by atoms with E-state index in [0.29, 0.717) is 38.5 Å². The van der Waals surface area contributed by atoms with Gasteiger partial charge in [0, 0.05) is 25.7 Å². The minimum atomic E-state index is -5.00. The lowest BCUT2D eigenvalue weighted by atomic mass is 10.1. The molecule has 3 N–H and O–H groups in total.